The van der Waals surface area contributed by atoms with Crippen molar-refractivity contribution in [2.75, 3.05) is 0 Å². The zero-order valence-corrected chi connectivity index (χ0v) is 30.9. The summed E-state index contributed by atoms with van der Waals surface area (Å²) >= 11 is 0. The van der Waals surface area contributed by atoms with Crippen LogP contribution in [0.3, 0.4) is 0 Å². The van der Waals surface area contributed by atoms with E-state index in [1.165, 1.54) is 66.4 Å². The third kappa shape index (κ3) is 5.84. The van der Waals surface area contributed by atoms with E-state index >= 15 is 0 Å². The number of benzene rings is 8. The van der Waals surface area contributed by atoms with Crippen molar-refractivity contribution in [3.8, 4) is 78.4 Å². The molecule has 0 amide bonds. The molecule has 1 aliphatic rings. The number of hydrogen-bond donors (Lipinski definition) is 0. The van der Waals surface area contributed by atoms with Gasteiger partial charge in [0.05, 0.1) is 11.4 Å². The molecule has 1 heterocycles. The molecular formula is C53H38N2. The van der Waals surface area contributed by atoms with Crippen LogP contribution < -0.4 is 0 Å². The van der Waals surface area contributed by atoms with Crippen LogP contribution in [0.5, 0.6) is 0 Å². The van der Waals surface area contributed by atoms with E-state index in [1.807, 2.05) is 36.4 Å². The lowest BCUT2D eigenvalue weighted by atomic mass is 9.81. The quantitative estimate of drug-likeness (QED) is 0.172. The highest BCUT2D eigenvalue weighted by Gasteiger charge is 2.35. The van der Waals surface area contributed by atoms with Gasteiger partial charge in [0.25, 0.3) is 0 Å². The summed E-state index contributed by atoms with van der Waals surface area (Å²) in [5, 5.41) is 2.46. The smallest absolute Gasteiger partial charge is 0.160 e. The molecule has 0 bridgehead atoms. The van der Waals surface area contributed by atoms with Gasteiger partial charge in [0.15, 0.2) is 5.82 Å². The van der Waals surface area contributed by atoms with Gasteiger partial charge in [-0.2, -0.15) is 0 Å². The second kappa shape index (κ2) is 13.2. The minimum absolute atomic E-state index is 0.0152. The molecule has 55 heavy (non-hydrogen) atoms. The average molecular weight is 703 g/mol. The molecule has 1 aliphatic carbocycles. The number of aromatic nitrogens is 2. The van der Waals surface area contributed by atoms with Crippen LogP contribution in [0.1, 0.15) is 25.0 Å². The molecule has 2 heteroatoms. The topological polar surface area (TPSA) is 25.8 Å². The van der Waals surface area contributed by atoms with Crippen LogP contribution in [0.4, 0.5) is 0 Å². The second-order valence-corrected chi connectivity index (χ2v) is 15.0. The summed E-state index contributed by atoms with van der Waals surface area (Å²) in [6.45, 7) is 4.68. The molecule has 0 N–H and O–H groups in total. The summed E-state index contributed by atoms with van der Waals surface area (Å²) in [5.41, 5.74) is 17.7. The number of nitrogens with zero attached hydrogens (tertiary/aromatic N) is 2. The second-order valence-electron chi connectivity index (χ2n) is 15.0. The molecule has 0 saturated carbocycles. The van der Waals surface area contributed by atoms with E-state index in [1.54, 1.807) is 0 Å². The van der Waals surface area contributed by atoms with Gasteiger partial charge in [-0.15, -0.1) is 0 Å². The van der Waals surface area contributed by atoms with Crippen molar-refractivity contribution >= 4 is 10.8 Å². The maximum Gasteiger partial charge on any atom is 0.160 e. The molecule has 8 aromatic carbocycles. The predicted octanol–water partition coefficient (Wildman–Crippen LogP) is 13.9. The first-order valence-electron chi connectivity index (χ1n) is 19.0. The van der Waals surface area contributed by atoms with Crippen LogP contribution in [0.2, 0.25) is 0 Å². The highest BCUT2D eigenvalue weighted by atomic mass is 14.9. The fraction of sp³-hybridized carbons (Fsp3) is 0.0566. The van der Waals surface area contributed by atoms with Crippen molar-refractivity contribution in [2.24, 2.45) is 0 Å². The first kappa shape index (κ1) is 32.7. The third-order valence-electron chi connectivity index (χ3n) is 11.3. The Morgan fingerprint density at radius 2 is 0.836 bits per heavy atom. The first-order valence-corrected chi connectivity index (χ1v) is 19.0. The van der Waals surface area contributed by atoms with Crippen LogP contribution in [0.25, 0.3) is 89.2 Å². The van der Waals surface area contributed by atoms with Crippen LogP contribution in [0.15, 0.2) is 194 Å². The van der Waals surface area contributed by atoms with E-state index in [2.05, 4.69) is 172 Å². The van der Waals surface area contributed by atoms with Gasteiger partial charge in [0, 0.05) is 22.1 Å². The maximum absolute atomic E-state index is 5.04. The SMILES string of the molecule is CC1(C)c2ccccc2-c2ccc(-c3ccc(-c4ccc5cccc(-c6ccc(-c7cc(-c8ccccc8)nc(-c8ccccc8)n7)cc6)c5c4)cc3)cc21. The highest BCUT2D eigenvalue weighted by molar-refractivity contribution is 5.99. The summed E-state index contributed by atoms with van der Waals surface area (Å²) in [4.78, 5) is 10.0. The van der Waals surface area contributed by atoms with Crippen LogP contribution in [0, 0.1) is 0 Å². The molecule has 2 nitrogen and oxygen atoms in total. The molecular weight excluding hydrogens is 665 g/mol. The lowest BCUT2D eigenvalue weighted by Crippen LogP contribution is -2.14. The van der Waals surface area contributed by atoms with Gasteiger partial charge in [-0.1, -0.05) is 190 Å². The van der Waals surface area contributed by atoms with E-state index in [0.29, 0.717) is 0 Å². The Bertz CT molecular complexity index is 2800. The summed E-state index contributed by atoms with van der Waals surface area (Å²) in [7, 11) is 0. The molecule has 9 aromatic rings. The van der Waals surface area contributed by atoms with Gasteiger partial charge in [-0.25, -0.2) is 9.97 Å². The van der Waals surface area contributed by atoms with Crippen molar-refractivity contribution in [3.63, 3.8) is 0 Å². The molecule has 0 radical (unpaired) electrons. The van der Waals surface area contributed by atoms with Crippen molar-refractivity contribution < 1.29 is 0 Å². The number of fused-ring (bicyclic) bond motifs is 4. The van der Waals surface area contributed by atoms with E-state index in [9.17, 15) is 0 Å². The average Bonchev–Trinajstić information content (AvgIpc) is 3.49. The van der Waals surface area contributed by atoms with Crippen molar-refractivity contribution in [2.45, 2.75) is 19.3 Å². The monoisotopic (exact) mass is 702 g/mol. The van der Waals surface area contributed by atoms with E-state index < -0.39 is 0 Å². The molecule has 0 aliphatic heterocycles. The fourth-order valence-corrected chi connectivity index (χ4v) is 8.33. The van der Waals surface area contributed by atoms with Gasteiger partial charge in [-0.05, 0) is 84.6 Å². The number of rotatable bonds is 6. The predicted molar refractivity (Wildman–Crippen MR) is 230 cm³/mol. The molecule has 10 rings (SSSR count). The zero-order chi connectivity index (χ0) is 36.9. The minimum atomic E-state index is -0.0152. The first-order chi connectivity index (χ1) is 27.0. The van der Waals surface area contributed by atoms with Crippen LogP contribution >= 0.6 is 0 Å². The Morgan fingerprint density at radius 3 is 1.55 bits per heavy atom. The Hall–Kier alpha value is -6.90. The van der Waals surface area contributed by atoms with Gasteiger partial charge >= 0.3 is 0 Å². The molecule has 0 fully saturated rings. The normalized spacial score (nSPS) is 12.7. The Labute approximate surface area is 322 Å². The van der Waals surface area contributed by atoms with Crippen molar-refractivity contribution in [3.05, 3.63) is 205 Å². The maximum atomic E-state index is 5.04. The van der Waals surface area contributed by atoms with Crippen molar-refractivity contribution in [1.82, 2.24) is 9.97 Å². The van der Waals surface area contributed by atoms with Gasteiger partial charge in [0.2, 0.25) is 0 Å². The van der Waals surface area contributed by atoms with E-state index in [0.717, 1.165) is 33.9 Å². The Kier molecular flexibility index (Phi) is 7.85. The lowest BCUT2D eigenvalue weighted by molar-refractivity contribution is 0.660. The lowest BCUT2D eigenvalue weighted by Gasteiger charge is -2.22. The number of hydrogen-bond acceptors (Lipinski definition) is 2. The standard InChI is InChI=1S/C53H38N2/c1-53(2)48-19-10-9-17-45(48)46-31-30-43(33-49(46)53)36-22-20-35(21-23-36)42-29-26-37-16-11-18-44(47(37)32-42)38-24-27-40(28-25-38)51-34-50(39-12-5-3-6-13-39)54-52(55-51)41-14-7-4-8-15-41/h3-34H,1-2H3. The molecule has 0 atom stereocenters. The molecule has 0 saturated heterocycles. The highest BCUT2D eigenvalue weighted by Crippen LogP contribution is 2.49. The van der Waals surface area contributed by atoms with Crippen molar-refractivity contribution in [1.29, 1.82) is 0 Å². The van der Waals surface area contributed by atoms with Gasteiger partial charge in [-0.3, -0.25) is 0 Å². The van der Waals surface area contributed by atoms with Crippen LogP contribution in [-0.2, 0) is 5.41 Å². The molecule has 1 aromatic heterocycles. The molecule has 0 spiro atoms. The Morgan fingerprint density at radius 1 is 0.327 bits per heavy atom. The van der Waals surface area contributed by atoms with Gasteiger partial charge in [0.1, 0.15) is 0 Å². The van der Waals surface area contributed by atoms with E-state index in [-0.39, 0.29) is 5.41 Å². The Balaban J connectivity index is 0.963. The fourth-order valence-electron chi connectivity index (χ4n) is 8.33. The largest absolute Gasteiger partial charge is 0.228 e. The zero-order valence-electron chi connectivity index (χ0n) is 30.9. The molecule has 0 unspecified atom stereocenters. The summed E-state index contributed by atoms with van der Waals surface area (Å²) in [6.07, 6.45) is 0. The van der Waals surface area contributed by atoms with Gasteiger partial charge < -0.3 is 0 Å². The van der Waals surface area contributed by atoms with Crippen LogP contribution in [-0.4, -0.2) is 9.97 Å². The summed E-state index contributed by atoms with van der Waals surface area (Å²) in [6, 6.07) is 69.7. The summed E-state index contributed by atoms with van der Waals surface area (Å²) < 4.78 is 0. The third-order valence-corrected chi connectivity index (χ3v) is 11.3. The molecule has 260 valence electrons. The van der Waals surface area contributed by atoms with E-state index in [4.69, 9.17) is 9.97 Å². The minimum Gasteiger partial charge on any atom is -0.228 e. The summed E-state index contributed by atoms with van der Waals surface area (Å²) in [5.74, 6) is 0.720.